The van der Waals surface area contributed by atoms with Gasteiger partial charge in [0, 0.05) is 22.5 Å². The van der Waals surface area contributed by atoms with Crippen LogP contribution in [0.25, 0.3) is 11.3 Å². The number of hydrogen-bond acceptors (Lipinski definition) is 5. The van der Waals surface area contributed by atoms with Gasteiger partial charge in [-0.15, -0.1) is 11.3 Å². The van der Waals surface area contributed by atoms with Crippen LogP contribution in [0.2, 0.25) is 0 Å². The van der Waals surface area contributed by atoms with Crippen LogP contribution >= 0.6 is 11.3 Å². The number of carbonyl (C=O) groups is 1. The highest BCUT2D eigenvalue weighted by Crippen LogP contribution is 2.27. The number of amides is 1. The van der Waals surface area contributed by atoms with Crippen molar-refractivity contribution in [3.63, 3.8) is 0 Å². The molecule has 1 amide bonds. The van der Waals surface area contributed by atoms with Crippen molar-refractivity contribution in [2.45, 2.75) is 36.6 Å². The van der Waals surface area contributed by atoms with Crippen molar-refractivity contribution in [3.05, 3.63) is 65.0 Å². The number of sulfonamides is 1. The van der Waals surface area contributed by atoms with Gasteiger partial charge in [-0.2, -0.15) is 0 Å². The van der Waals surface area contributed by atoms with Crippen molar-refractivity contribution < 1.29 is 22.0 Å². The van der Waals surface area contributed by atoms with Gasteiger partial charge in [0.25, 0.3) is 5.91 Å². The number of nitrogens with zero attached hydrogens (tertiary/aromatic N) is 1. The van der Waals surface area contributed by atoms with Gasteiger partial charge in [-0.25, -0.2) is 26.9 Å². The van der Waals surface area contributed by atoms with Gasteiger partial charge in [0.1, 0.15) is 0 Å². The van der Waals surface area contributed by atoms with Gasteiger partial charge >= 0.3 is 0 Å². The maximum Gasteiger partial charge on any atom is 0.257 e. The van der Waals surface area contributed by atoms with E-state index in [1.54, 1.807) is 5.38 Å². The molecule has 1 saturated carbocycles. The van der Waals surface area contributed by atoms with E-state index in [9.17, 15) is 22.0 Å². The molecule has 0 atom stereocenters. The third-order valence-corrected chi connectivity index (χ3v) is 7.30. The van der Waals surface area contributed by atoms with E-state index in [0.29, 0.717) is 11.3 Å². The van der Waals surface area contributed by atoms with Crippen molar-refractivity contribution in [1.82, 2.24) is 9.71 Å². The molecule has 0 bridgehead atoms. The minimum absolute atomic E-state index is 0.0219. The number of nitrogens with one attached hydrogen (secondary N) is 2. The highest BCUT2D eigenvalue weighted by Gasteiger charge is 2.23. The second kappa shape index (κ2) is 8.81. The van der Waals surface area contributed by atoms with Crippen LogP contribution in [0.5, 0.6) is 0 Å². The zero-order chi connectivity index (χ0) is 22.0. The first-order chi connectivity index (χ1) is 14.8. The van der Waals surface area contributed by atoms with E-state index in [1.807, 2.05) is 0 Å². The van der Waals surface area contributed by atoms with Gasteiger partial charge in [-0.05, 0) is 49.2 Å². The number of carbonyl (C=O) groups excluding carboxylic acids is 1. The maximum absolute atomic E-state index is 13.4. The number of benzene rings is 2. The third-order valence-electron chi connectivity index (χ3n) is 5.02. The summed E-state index contributed by atoms with van der Waals surface area (Å²) in [4.78, 5) is 16.9. The first kappa shape index (κ1) is 21.5. The van der Waals surface area contributed by atoms with Crippen molar-refractivity contribution in [1.29, 1.82) is 0 Å². The molecule has 1 fully saturated rings. The number of hydrogen-bond donors (Lipinski definition) is 2. The molecule has 3 aromatic rings. The Morgan fingerprint density at radius 3 is 2.58 bits per heavy atom. The van der Waals surface area contributed by atoms with E-state index in [2.05, 4.69) is 15.0 Å². The average Bonchev–Trinajstić information content (AvgIpc) is 3.42. The summed E-state index contributed by atoms with van der Waals surface area (Å²) in [5.74, 6) is -2.46. The fourth-order valence-electron chi connectivity index (χ4n) is 3.42. The fraction of sp³-hybridized carbons (Fsp3) is 0.238. The number of anilines is 1. The second-order valence-corrected chi connectivity index (χ2v) is 9.82. The van der Waals surface area contributed by atoms with Crippen molar-refractivity contribution in [2.24, 2.45) is 0 Å². The van der Waals surface area contributed by atoms with Gasteiger partial charge in [0.15, 0.2) is 16.8 Å². The van der Waals surface area contributed by atoms with Crippen molar-refractivity contribution in [3.8, 4) is 11.3 Å². The quantitative estimate of drug-likeness (QED) is 0.561. The molecule has 0 unspecified atom stereocenters. The standard InChI is InChI=1S/C21H19F2N3O3S2/c22-17-9-8-13(11-18(17)23)19-12-30-21(24-19)25-20(27)14-4-3-7-16(10-14)31(28,29)26-15-5-1-2-6-15/h3-4,7-12,15,26H,1-2,5-6H2,(H,24,25,27). The maximum atomic E-state index is 13.4. The molecule has 6 nitrogen and oxygen atoms in total. The Morgan fingerprint density at radius 1 is 1.06 bits per heavy atom. The molecule has 2 aromatic carbocycles. The molecular formula is C21H19F2N3O3S2. The van der Waals surface area contributed by atoms with E-state index in [1.165, 1.54) is 30.3 Å². The molecule has 1 aliphatic carbocycles. The van der Waals surface area contributed by atoms with Crippen LogP contribution in [0.15, 0.2) is 52.7 Å². The Bertz CT molecular complexity index is 1220. The van der Waals surface area contributed by atoms with Crippen LogP contribution in [-0.2, 0) is 10.0 Å². The Balaban J connectivity index is 1.48. The Hall–Kier alpha value is -2.69. The zero-order valence-corrected chi connectivity index (χ0v) is 17.9. The van der Waals surface area contributed by atoms with Crippen LogP contribution in [0.1, 0.15) is 36.0 Å². The molecule has 2 N–H and O–H groups in total. The van der Waals surface area contributed by atoms with Crippen molar-refractivity contribution in [2.75, 3.05) is 5.32 Å². The number of rotatable bonds is 6. The summed E-state index contributed by atoms with van der Waals surface area (Å²) in [6.07, 6.45) is 3.61. The molecule has 0 spiro atoms. The normalized spacial score (nSPS) is 14.6. The molecular weight excluding hydrogens is 444 g/mol. The smallest absolute Gasteiger partial charge is 0.257 e. The van der Waals surface area contributed by atoms with Gasteiger partial charge in [-0.3, -0.25) is 10.1 Å². The molecule has 0 aliphatic heterocycles. The summed E-state index contributed by atoms with van der Waals surface area (Å²) in [6, 6.07) is 9.13. The van der Waals surface area contributed by atoms with E-state index < -0.39 is 27.6 Å². The summed E-state index contributed by atoms with van der Waals surface area (Å²) >= 11 is 1.12. The molecule has 0 saturated heterocycles. The number of halogens is 2. The second-order valence-electron chi connectivity index (χ2n) is 7.25. The Kier molecular flexibility index (Phi) is 6.12. The minimum Gasteiger partial charge on any atom is -0.298 e. The number of thiazole rings is 1. The lowest BCUT2D eigenvalue weighted by atomic mass is 10.2. The zero-order valence-electron chi connectivity index (χ0n) is 16.3. The van der Waals surface area contributed by atoms with E-state index in [4.69, 9.17) is 0 Å². The molecule has 10 heteroatoms. The number of aromatic nitrogens is 1. The first-order valence-electron chi connectivity index (χ1n) is 9.66. The SMILES string of the molecule is O=C(Nc1nc(-c2ccc(F)c(F)c2)cs1)c1cccc(S(=O)(=O)NC2CCCC2)c1. The predicted molar refractivity (Wildman–Crippen MR) is 114 cm³/mol. The highest BCUT2D eigenvalue weighted by molar-refractivity contribution is 7.89. The minimum atomic E-state index is -3.72. The van der Waals surface area contributed by atoms with Crippen LogP contribution in [0.3, 0.4) is 0 Å². The molecule has 31 heavy (non-hydrogen) atoms. The largest absolute Gasteiger partial charge is 0.298 e. The lowest BCUT2D eigenvalue weighted by Gasteiger charge is -2.13. The monoisotopic (exact) mass is 463 g/mol. The predicted octanol–water partition coefficient (Wildman–Crippen LogP) is 4.56. The highest BCUT2D eigenvalue weighted by atomic mass is 32.2. The fourth-order valence-corrected chi connectivity index (χ4v) is 5.49. The average molecular weight is 464 g/mol. The van der Waals surface area contributed by atoms with Crippen LogP contribution in [-0.4, -0.2) is 25.4 Å². The molecule has 1 aliphatic rings. The van der Waals surface area contributed by atoms with Crippen LogP contribution in [0.4, 0.5) is 13.9 Å². The first-order valence-corrected chi connectivity index (χ1v) is 12.0. The molecule has 0 radical (unpaired) electrons. The molecule has 4 rings (SSSR count). The Labute approximate surface area is 182 Å². The molecule has 1 aromatic heterocycles. The lowest BCUT2D eigenvalue weighted by Crippen LogP contribution is -2.32. The van der Waals surface area contributed by atoms with Gasteiger partial charge in [-0.1, -0.05) is 18.9 Å². The molecule has 162 valence electrons. The third kappa shape index (κ3) is 4.97. The topological polar surface area (TPSA) is 88.2 Å². The summed E-state index contributed by atoms with van der Waals surface area (Å²) in [6.45, 7) is 0. The van der Waals surface area contributed by atoms with Gasteiger partial charge < -0.3 is 0 Å². The molecule has 1 heterocycles. The van der Waals surface area contributed by atoms with Crippen LogP contribution < -0.4 is 10.0 Å². The van der Waals surface area contributed by atoms with E-state index in [0.717, 1.165) is 49.2 Å². The summed E-state index contributed by atoms with van der Waals surface area (Å²) < 4.78 is 54.5. The van der Waals surface area contributed by atoms with Gasteiger partial charge in [0.05, 0.1) is 10.6 Å². The van der Waals surface area contributed by atoms with E-state index in [-0.39, 0.29) is 21.6 Å². The van der Waals surface area contributed by atoms with Crippen molar-refractivity contribution >= 4 is 32.4 Å². The van der Waals surface area contributed by atoms with Crippen LogP contribution in [0, 0.1) is 11.6 Å². The summed E-state index contributed by atoms with van der Waals surface area (Å²) in [7, 11) is -3.72. The summed E-state index contributed by atoms with van der Waals surface area (Å²) in [5.41, 5.74) is 0.928. The van der Waals surface area contributed by atoms with E-state index >= 15 is 0 Å². The van der Waals surface area contributed by atoms with Gasteiger partial charge in [0.2, 0.25) is 10.0 Å². The Morgan fingerprint density at radius 2 is 1.84 bits per heavy atom. The summed E-state index contributed by atoms with van der Waals surface area (Å²) in [5, 5.41) is 4.47. The lowest BCUT2D eigenvalue weighted by molar-refractivity contribution is 0.102.